The Balaban J connectivity index is 1.68. The van der Waals surface area contributed by atoms with Gasteiger partial charge in [0.25, 0.3) is 0 Å². The number of halogens is 1. The average Bonchev–Trinajstić information content (AvgIpc) is 3.08. The number of carbonyl (C=O) groups is 2. The van der Waals surface area contributed by atoms with Crippen molar-refractivity contribution in [2.75, 3.05) is 31.1 Å². The van der Waals surface area contributed by atoms with Crippen LogP contribution in [0.3, 0.4) is 0 Å². The molecule has 0 spiro atoms. The lowest BCUT2D eigenvalue weighted by molar-refractivity contribution is -0.136. The van der Waals surface area contributed by atoms with Gasteiger partial charge in [-0.25, -0.2) is 0 Å². The predicted molar refractivity (Wildman–Crippen MR) is 104 cm³/mol. The molecule has 0 bridgehead atoms. The summed E-state index contributed by atoms with van der Waals surface area (Å²) in [5.41, 5.74) is 1.89. The second-order valence-electron chi connectivity index (χ2n) is 6.29. The molecule has 2 aromatic carbocycles. The van der Waals surface area contributed by atoms with Crippen LogP contribution in [0, 0.1) is 0 Å². The number of amides is 2. The minimum absolute atomic E-state index is 0.176. The Labute approximate surface area is 162 Å². The third-order valence-electron chi connectivity index (χ3n) is 4.13. The molecule has 0 saturated carbocycles. The fraction of sp³-hybridized carbons (Fsp3) is 0.263. The molecule has 0 fully saturated rings. The number of rotatable bonds is 4. The van der Waals surface area contributed by atoms with Crippen molar-refractivity contribution < 1.29 is 19.1 Å². The van der Waals surface area contributed by atoms with Crippen molar-refractivity contribution in [2.24, 2.45) is 0 Å². The SMILES string of the molecule is CC(NC(=O)C(=O)Nc1cccc(Cl)c1N(C)C)c1ccc2c(c1)OCO2. The van der Waals surface area contributed by atoms with Gasteiger partial charge in [0.1, 0.15) is 0 Å². The number of benzene rings is 2. The molecule has 1 atom stereocenters. The zero-order chi connectivity index (χ0) is 19.6. The van der Waals surface area contributed by atoms with Crippen LogP contribution >= 0.6 is 11.6 Å². The molecule has 0 saturated heterocycles. The molecule has 0 radical (unpaired) electrons. The number of para-hydroxylation sites is 1. The highest BCUT2D eigenvalue weighted by Gasteiger charge is 2.21. The van der Waals surface area contributed by atoms with Gasteiger partial charge in [0.15, 0.2) is 11.5 Å². The van der Waals surface area contributed by atoms with E-state index in [2.05, 4.69) is 10.6 Å². The smallest absolute Gasteiger partial charge is 0.313 e. The normalized spacial score (nSPS) is 13.0. The lowest BCUT2D eigenvalue weighted by Gasteiger charge is -2.20. The van der Waals surface area contributed by atoms with Gasteiger partial charge < -0.3 is 25.0 Å². The molecule has 8 heteroatoms. The number of ether oxygens (including phenoxy) is 2. The van der Waals surface area contributed by atoms with Crippen molar-refractivity contribution >= 4 is 34.8 Å². The van der Waals surface area contributed by atoms with Gasteiger partial charge in [-0.3, -0.25) is 9.59 Å². The van der Waals surface area contributed by atoms with E-state index in [1.807, 2.05) is 6.07 Å². The van der Waals surface area contributed by atoms with Crippen molar-refractivity contribution in [3.05, 3.63) is 47.0 Å². The quantitative estimate of drug-likeness (QED) is 0.786. The maximum atomic E-state index is 12.3. The highest BCUT2D eigenvalue weighted by molar-refractivity contribution is 6.40. The molecule has 1 aliphatic rings. The number of hydrogen-bond donors (Lipinski definition) is 2. The van der Waals surface area contributed by atoms with E-state index in [-0.39, 0.29) is 12.8 Å². The molecule has 1 heterocycles. The van der Waals surface area contributed by atoms with Gasteiger partial charge in [0.05, 0.1) is 22.4 Å². The van der Waals surface area contributed by atoms with Crippen molar-refractivity contribution in [3.63, 3.8) is 0 Å². The van der Waals surface area contributed by atoms with Gasteiger partial charge in [-0.15, -0.1) is 0 Å². The number of nitrogens with one attached hydrogen (secondary N) is 2. The average molecular weight is 390 g/mol. The third-order valence-corrected chi connectivity index (χ3v) is 4.44. The summed E-state index contributed by atoms with van der Waals surface area (Å²) < 4.78 is 10.6. The molecule has 0 aromatic heterocycles. The van der Waals surface area contributed by atoms with Gasteiger partial charge in [0, 0.05) is 14.1 Å². The zero-order valence-corrected chi connectivity index (χ0v) is 16.0. The first-order valence-electron chi connectivity index (χ1n) is 8.34. The molecular formula is C19H20ClN3O4. The number of nitrogens with zero attached hydrogens (tertiary/aromatic N) is 1. The van der Waals surface area contributed by atoms with Gasteiger partial charge in [-0.05, 0) is 36.8 Å². The Bertz CT molecular complexity index is 885. The number of carbonyl (C=O) groups excluding carboxylic acids is 2. The summed E-state index contributed by atoms with van der Waals surface area (Å²) in [4.78, 5) is 26.4. The van der Waals surface area contributed by atoms with E-state index >= 15 is 0 Å². The standard InChI is InChI=1S/C19H20ClN3O4/c1-11(12-7-8-15-16(9-12)27-10-26-15)21-18(24)19(25)22-14-6-4-5-13(20)17(14)23(2)3/h4-9,11H,10H2,1-3H3,(H,21,24)(H,22,25). The maximum Gasteiger partial charge on any atom is 0.313 e. The molecule has 142 valence electrons. The molecule has 2 amide bonds. The van der Waals surface area contributed by atoms with Crippen molar-refractivity contribution in [3.8, 4) is 11.5 Å². The van der Waals surface area contributed by atoms with E-state index < -0.39 is 11.8 Å². The summed E-state index contributed by atoms with van der Waals surface area (Å²) in [6, 6.07) is 10.1. The van der Waals surface area contributed by atoms with Crippen LogP contribution in [0.25, 0.3) is 0 Å². The number of anilines is 2. The maximum absolute atomic E-state index is 12.3. The highest BCUT2D eigenvalue weighted by Crippen LogP contribution is 2.34. The number of fused-ring (bicyclic) bond motifs is 1. The second-order valence-corrected chi connectivity index (χ2v) is 6.70. The molecule has 2 aromatic rings. The van der Waals surface area contributed by atoms with Crippen LogP contribution in [0.1, 0.15) is 18.5 Å². The van der Waals surface area contributed by atoms with Crippen LogP contribution in [0.5, 0.6) is 11.5 Å². The minimum atomic E-state index is -0.770. The van der Waals surface area contributed by atoms with Crippen molar-refractivity contribution in [1.29, 1.82) is 0 Å². The summed E-state index contributed by atoms with van der Waals surface area (Å²) in [6.45, 7) is 1.96. The van der Waals surface area contributed by atoms with Crippen molar-refractivity contribution in [1.82, 2.24) is 5.32 Å². The Morgan fingerprint density at radius 2 is 1.85 bits per heavy atom. The van der Waals surface area contributed by atoms with E-state index in [1.54, 1.807) is 56.3 Å². The highest BCUT2D eigenvalue weighted by atomic mass is 35.5. The van der Waals surface area contributed by atoms with Gasteiger partial charge in [-0.2, -0.15) is 0 Å². The fourth-order valence-electron chi connectivity index (χ4n) is 2.78. The van der Waals surface area contributed by atoms with Gasteiger partial charge >= 0.3 is 11.8 Å². The van der Waals surface area contributed by atoms with E-state index in [0.29, 0.717) is 27.9 Å². The summed E-state index contributed by atoms with van der Waals surface area (Å²) in [5, 5.41) is 5.76. The molecular weight excluding hydrogens is 370 g/mol. The summed E-state index contributed by atoms with van der Waals surface area (Å²) in [6.07, 6.45) is 0. The topological polar surface area (TPSA) is 79.9 Å². The molecule has 1 unspecified atom stereocenters. The Hall–Kier alpha value is -2.93. The lowest BCUT2D eigenvalue weighted by Crippen LogP contribution is -2.37. The summed E-state index contributed by atoms with van der Waals surface area (Å²) >= 11 is 6.18. The molecule has 0 aliphatic carbocycles. The van der Waals surface area contributed by atoms with Crippen LogP contribution in [-0.2, 0) is 9.59 Å². The van der Waals surface area contributed by atoms with Crippen LogP contribution in [0.15, 0.2) is 36.4 Å². The summed E-state index contributed by atoms with van der Waals surface area (Å²) in [7, 11) is 3.61. The van der Waals surface area contributed by atoms with Crippen LogP contribution < -0.4 is 25.0 Å². The molecule has 2 N–H and O–H groups in total. The fourth-order valence-corrected chi connectivity index (χ4v) is 3.12. The molecule has 27 heavy (non-hydrogen) atoms. The minimum Gasteiger partial charge on any atom is -0.454 e. The predicted octanol–water partition coefficient (Wildman–Crippen LogP) is 2.95. The molecule has 3 rings (SSSR count). The first-order valence-corrected chi connectivity index (χ1v) is 8.72. The molecule has 7 nitrogen and oxygen atoms in total. The Morgan fingerprint density at radius 3 is 2.59 bits per heavy atom. The first kappa shape index (κ1) is 18.8. The van der Waals surface area contributed by atoms with E-state index in [1.165, 1.54) is 0 Å². The van der Waals surface area contributed by atoms with Crippen molar-refractivity contribution in [2.45, 2.75) is 13.0 Å². The summed E-state index contributed by atoms with van der Waals surface area (Å²) in [5.74, 6) is -0.238. The van der Waals surface area contributed by atoms with Crippen LogP contribution in [0.4, 0.5) is 11.4 Å². The molecule has 1 aliphatic heterocycles. The van der Waals surface area contributed by atoms with E-state index in [9.17, 15) is 9.59 Å². The van der Waals surface area contributed by atoms with E-state index in [0.717, 1.165) is 5.56 Å². The first-order chi connectivity index (χ1) is 12.9. The lowest BCUT2D eigenvalue weighted by atomic mass is 10.1. The van der Waals surface area contributed by atoms with E-state index in [4.69, 9.17) is 21.1 Å². The number of hydrogen-bond acceptors (Lipinski definition) is 5. The Morgan fingerprint density at radius 1 is 1.11 bits per heavy atom. The van der Waals surface area contributed by atoms with Gasteiger partial charge in [-0.1, -0.05) is 23.7 Å². The Kier molecular flexibility index (Phi) is 5.41. The van der Waals surface area contributed by atoms with Gasteiger partial charge in [0.2, 0.25) is 6.79 Å². The second kappa shape index (κ2) is 7.75. The monoisotopic (exact) mass is 389 g/mol. The third kappa shape index (κ3) is 4.09. The van der Waals surface area contributed by atoms with Crippen LogP contribution in [0.2, 0.25) is 5.02 Å². The van der Waals surface area contributed by atoms with Crippen LogP contribution in [-0.4, -0.2) is 32.7 Å². The zero-order valence-electron chi connectivity index (χ0n) is 15.2. The largest absolute Gasteiger partial charge is 0.454 e.